The summed E-state index contributed by atoms with van der Waals surface area (Å²) in [7, 11) is -1.31. The molecule has 10 heteroatoms. The van der Waals surface area contributed by atoms with Gasteiger partial charge in [0.2, 0.25) is 10.0 Å². The van der Waals surface area contributed by atoms with Crippen LogP contribution in [-0.4, -0.2) is 74.7 Å². The van der Waals surface area contributed by atoms with Crippen LogP contribution < -0.4 is 4.74 Å². The van der Waals surface area contributed by atoms with Crippen LogP contribution in [0.25, 0.3) is 0 Å². The number of aliphatic hydroxyl groups excluding tert-OH is 1. The average molecular weight is 415 g/mol. The smallest absolute Gasteiger partial charge is 0.307 e. The van der Waals surface area contributed by atoms with E-state index in [9.17, 15) is 18.3 Å². The Morgan fingerprint density at radius 2 is 1.82 bits per heavy atom. The fourth-order valence-electron chi connectivity index (χ4n) is 3.63. The first-order valence-electron chi connectivity index (χ1n) is 8.85. The van der Waals surface area contributed by atoms with Crippen LogP contribution >= 0.6 is 0 Å². The molecule has 0 aromatic heterocycles. The first kappa shape index (κ1) is 21.0. The van der Waals surface area contributed by atoms with Gasteiger partial charge in [0.15, 0.2) is 5.79 Å². The van der Waals surface area contributed by atoms with Crippen LogP contribution in [0.5, 0.6) is 5.75 Å². The quantitative estimate of drug-likeness (QED) is 0.693. The van der Waals surface area contributed by atoms with E-state index < -0.39 is 46.1 Å². The molecule has 1 aromatic carbocycles. The third kappa shape index (κ3) is 3.87. The molecule has 2 saturated heterocycles. The number of β-amino-alcohol motifs (C(OH)–C–C–N with tert-alkyl or cyclic N) is 1. The molecule has 0 bridgehead atoms. The highest BCUT2D eigenvalue weighted by molar-refractivity contribution is 7.89. The van der Waals surface area contributed by atoms with Crippen molar-refractivity contribution in [1.29, 1.82) is 0 Å². The molecular weight excluding hydrogens is 390 g/mol. The molecule has 3 rings (SSSR count). The van der Waals surface area contributed by atoms with Gasteiger partial charge in [0.25, 0.3) is 0 Å². The topological polar surface area (TPSA) is 112 Å². The number of rotatable bonds is 5. The number of sulfonamides is 1. The summed E-state index contributed by atoms with van der Waals surface area (Å²) in [5.41, 5.74) is 0. The molecule has 1 N–H and O–H groups in total. The Kier molecular flexibility index (Phi) is 5.70. The van der Waals surface area contributed by atoms with Crippen molar-refractivity contribution in [3.05, 3.63) is 24.3 Å². The van der Waals surface area contributed by atoms with E-state index in [0.29, 0.717) is 5.75 Å². The highest BCUT2D eigenvalue weighted by atomic mass is 32.2. The average Bonchev–Trinajstić information content (AvgIpc) is 2.99. The minimum Gasteiger partial charge on any atom is -0.497 e. The van der Waals surface area contributed by atoms with Crippen molar-refractivity contribution < 1.29 is 37.3 Å². The molecule has 0 unspecified atom stereocenters. The van der Waals surface area contributed by atoms with E-state index in [1.54, 1.807) is 13.8 Å². The van der Waals surface area contributed by atoms with Crippen LogP contribution in [0.3, 0.4) is 0 Å². The summed E-state index contributed by atoms with van der Waals surface area (Å²) >= 11 is 0. The number of fused-ring (bicyclic) bond motifs is 1. The van der Waals surface area contributed by atoms with Gasteiger partial charge in [0, 0.05) is 6.54 Å². The fourth-order valence-corrected chi connectivity index (χ4v) is 5.28. The molecule has 2 aliphatic rings. The number of carbonyl (C=O) groups is 1. The number of benzene rings is 1. The molecule has 0 amide bonds. The van der Waals surface area contributed by atoms with Crippen molar-refractivity contribution >= 4 is 16.0 Å². The summed E-state index contributed by atoms with van der Waals surface area (Å²) in [5, 5.41) is 10.5. The lowest BCUT2D eigenvalue weighted by atomic mass is 9.94. The Bertz CT molecular complexity index is 822. The van der Waals surface area contributed by atoms with Gasteiger partial charge in [0.05, 0.1) is 37.7 Å². The van der Waals surface area contributed by atoms with Crippen LogP contribution in [0.4, 0.5) is 0 Å². The molecule has 0 radical (unpaired) electrons. The summed E-state index contributed by atoms with van der Waals surface area (Å²) in [5.74, 6) is -1.08. The van der Waals surface area contributed by atoms with Crippen molar-refractivity contribution in [2.75, 3.05) is 20.8 Å². The number of ether oxygens (including phenoxy) is 4. The molecular formula is C18H25NO8S. The van der Waals surface area contributed by atoms with Crippen molar-refractivity contribution in [3.63, 3.8) is 0 Å². The van der Waals surface area contributed by atoms with E-state index in [0.717, 1.165) is 4.31 Å². The fraction of sp³-hybridized carbons (Fsp3) is 0.611. The molecule has 0 spiro atoms. The second kappa shape index (κ2) is 7.60. The molecule has 28 heavy (non-hydrogen) atoms. The van der Waals surface area contributed by atoms with Gasteiger partial charge in [-0.3, -0.25) is 4.79 Å². The van der Waals surface area contributed by atoms with Crippen molar-refractivity contribution in [2.45, 2.75) is 55.3 Å². The van der Waals surface area contributed by atoms with E-state index in [1.807, 2.05) is 0 Å². The van der Waals surface area contributed by atoms with Gasteiger partial charge in [0.1, 0.15) is 18.0 Å². The zero-order chi connectivity index (χ0) is 20.7. The largest absolute Gasteiger partial charge is 0.497 e. The van der Waals surface area contributed by atoms with Gasteiger partial charge >= 0.3 is 5.97 Å². The Morgan fingerprint density at radius 1 is 1.21 bits per heavy atom. The van der Waals surface area contributed by atoms with Gasteiger partial charge in [-0.1, -0.05) is 0 Å². The second-order valence-electron chi connectivity index (χ2n) is 7.23. The summed E-state index contributed by atoms with van der Waals surface area (Å²) in [6.07, 6.45) is -2.88. The number of piperidine rings is 1. The lowest BCUT2D eigenvalue weighted by molar-refractivity contribution is -0.154. The van der Waals surface area contributed by atoms with E-state index in [1.165, 1.54) is 38.5 Å². The first-order valence-corrected chi connectivity index (χ1v) is 10.3. The van der Waals surface area contributed by atoms with Gasteiger partial charge in [-0.2, -0.15) is 4.31 Å². The third-order valence-corrected chi connectivity index (χ3v) is 6.83. The van der Waals surface area contributed by atoms with Gasteiger partial charge < -0.3 is 24.1 Å². The van der Waals surface area contributed by atoms with Gasteiger partial charge in [-0.25, -0.2) is 8.42 Å². The molecule has 2 heterocycles. The Labute approximate surface area is 164 Å². The number of carbonyl (C=O) groups excluding carboxylic acids is 1. The first-order chi connectivity index (χ1) is 13.1. The molecule has 1 aromatic rings. The molecule has 9 nitrogen and oxygen atoms in total. The van der Waals surface area contributed by atoms with Gasteiger partial charge in [-0.15, -0.1) is 0 Å². The minimum atomic E-state index is -4.02. The number of esters is 1. The van der Waals surface area contributed by atoms with E-state index in [4.69, 9.17) is 18.9 Å². The highest BCUT2D eigenvalue weighted by Crippen LogP contribution is 2.39. The van der Waals surface area contributed by atoms with Crippen LogP contribution in [0.1, 0.15) is 20.3 Å². The molecule has 0 saturated carbocycles. The summed E-state index contributed by atoms with van der Waals surface area (Å²) in [6.45, 7) is 3.13. The number of aliphatic hydroxyl groups is 1. The van der Waals surface area contributed by atoms with E-state index in [2.05, 4.69) is 0 Å². The monoisotopic (exact) mass is 415 g/mol. The van der Waals surface area contributed by atoms with Crippen LogP contribution in [-0.2, 0) is 29.0 Å². The van der Waals surface area contributed by atoms with Crippen LogP contribution in [0.15, 0.2) is 29.2 Å². The predicted octanol–water partition coefficient (Wildman–Crippen LogP) is 0.512. The Hall–Kier alpha value is -1.72. The zero-order valence-electron chi connectivity index (χ0n) is 16.2. The standard InChI is InChI=1S/C18H25NO8S/c1-18(2)26-16-13(9-15(21)25-4)19(10-14(20)17(16)27-18)28(22,23)12-7-5-11(24-3)6-8-12/h5-8,13-14,16-17,20H,9-10H2,1-4H3/t13-,14-,16+,17-/m1/s1. The second-order valence-corrected chi connectivity index (χ2v) is 9.12. The maximum atomic E-state index is 13.3. The lowest BCUT2D eigenvalue weighted by Gasteiger charge is -2.42. The maximum absolute atomic E-state index is 13.3. The number of hydrogen-bond acceptors (Lipinski definition) is 8. The highest BCUT2D eigenvalue weighted by Gasteiger charge is 2.56. The number of hydrogen-bond donors (Lipinski definition) is 1. The molecule has 4 atom stereocenters. The molecule has 2 fully saturated rings. The number of nitrogens with zero attached hydrogens (tertiary/aromatic N) is 1. The van der Waals surface area contributed by atoms with Crippen molar-refractivity contribution in [2.24, 2.45) is 0 Å². The summed E-state index contributed by atoms with van der Waals surface area (Å²) in [6, 6.07) is 5.01. The molecule has 2 aliphatic heterocycles. The third-order valence-electron chi connectivity index (χ3n) is 4.93. The Morgan fingerprint density at radius 3 is 2.39 bits per heavy atom. The summed E-state index contributed by atoms with van der Waals surface area (Å²) < 4.78 is 49.1. The lowest BCUT2D eigenvalue weighted by Crippen LogP contribution is -2.62. The molecule has 156 valence electrons. The van der Waals surface area contributed by atoms with E-state index in [-0.39, 0.29) is 17.9 Å². The Balaban J connectivity index is 1.99. The van der Waals surface area contributed by atoms with Crippen molar-refractivity contribution in [3.8, 4) is 5.75 Å². The zero-order valence-corrected chi connectivity index (χ0v) is 17.0. The minimum absolute atomic E-state index is 0.0204. The van der Waals surface area contributed by atoms with Gasteiger partial charge in [-0.05, 0) is 38.1 Å². The van der Waals surface area contributed by atoms with Crippen LogP contribution in [0.2, 0.25) is 0 Å². The van der Waals surface area contributed by atoms with Crippen LogP contribution in [0, 0.1) is 0 Å². The predicted molar refractivity (Wildman–Crippen MR) is 97.1 cm³/mol. The normalized spacial score (nSPS) is 29.9. The maximum Gasteiger partial charge on any atom is 0.307 e. The van der Waals surface area contributed by atoms with E-state index >= 15 is 0 Å². The summed E-state index contributed by atoms with van der Waals surface area (Å²) in [4.78, 5) is 12.0. The number of methoxy groups -OCH3 is 2. The van der Waals surface area contributed by atoms with Crippen molar-refractivity contribution in [1.82, 2.24) is 4.31 Å². The molecule has 0 aliphatic carbocycles. The SMILES string of the molecule is COC(=O)C[C@@H]1[C@@H]2OC(C)(C)O[C@@H]2[C@H](O)CN1S(=O)(=O)c1ccc(OC)cc1.